The molecule has 9 nitrogen and oxygen atoms in total. The Balaban J connectivity index is 0. The Morgan fingerprint density at radius 1 is 0.909 bits per heavy atom. The van der Waals surface area contributed by atoms with Crippen LogP contribution in [0.3, 0.4) is 0 Å². The Morgan fingerprint density at radius 2 is 1.32 bits per heavy atom. The van der Waals surface area contributed by atoms with Gasteiger partial charge < -0.3 is 34.6 Å². The molecule has 0 amide bonds. The first kappa shape index (κ1) is 22.8. The summed E-state index contributed by atoms with van der Waals surface area (Å²) in [6.45, 7) is 4.35. The Labute approximate surface area is 128 Å². The van der Waals surface area contributed by atoms with E-state index in [9.17, 15) is 9.59 Å². The van der Waals surface area contributed by atoms with Crippen LogP contribution in [-0.2, 0) is 23.8 Å². The van der Waals surface area contributed by atoms with E-state index in [1.165, 1.54) is 0 Å². The molecule has 0 heterocycles. The maximum atomic E-state index is 9.55. The van der Waals surface area contributed by atoms with Gasteiger partial charge in [0.05, 0.1) is 52.4 Å². The van der Waals surface area contributed by atoms with Crippen LogP contribution in [0.15, 0.2) is 12.2 Å². The van der Waals surface area contributed by atoms with Crippen LogP contribution in [0, 0.1) is 0 Å². The molecule has 0 bridgehead atoms. The average Bonchev–Trinajstić information content (AvgIpc) is 2.44. The topological polar surface area (TPSA) is 143 Å². The fraction of sp³-hybridized carbons (Fsp3) is 0.692. The van der Waals surface area contributed by atoms with E-state index < -0.39 is 18.0 Å². The highest BCUT2D eigenvalue weighted by Crippen LogP contribution is 1.84. The Hall–Kier alpha value is -1.52. The average molecular weight is 324 g/mol. The van der Waals surface area contributed by atoms with Crippen molar-refractivity contribution in [3.8, 4) is 0 Å². The van der Waals surface area contributed by atoms with Crippen LogP contribution in [0.5, 0.6) is 0 Å². The maximum absolute atomic E-state index is 9.55. The summed E-state index contributed by atoms with van der Waals surface area (Å²) in [6.07, 6.45) is 0.688. The molecule has 0 saturated carbocycles. The standard InChI is InChI=1S/C9H20O5.C4H4O4/c1-9(11)8-14-7-6-13-5-4-12-3-2-10;5-3(6)1-2-4(7)8/h9-11H,2-8H2,1H3;1-2H,(H,5,6)(H,7,8)/b;2-1-. The van der Waals surface area contributed by atoms with E-state index in [0.29, 0.717) is 51.8 Å². The van der Waals surface area contributed by atoms with Crippen LogP contribution in [0.2, 0.25) is 0 Å². The number of hydrogen-bond donors (Lipinski definition) is 4. The zero-order valence-electron chi connectivity index (χ0n) is 12.5. The van der Waals surface area contributed by atoms with Gasteiger partial charge in [0.15, 0.2) is 0 Å². The zero-order valence-corrected chi connectivity index (χ0v) is 12.5. The molecule has 0 aromatic rings. The van der Waals surface area contributed by atoms with E-state index in [0.717, 1.165) is 0 Å². The zero-order chi connectivity index (χ0) is 17.2. The molecule has 0 aliphatic carbocycles. The largest absolute Gasteiger partial charge is 0.478 e. The van der Waals surface area contributed by atoms with Crippen LogP contribution in [0.4, 0.5) is 0 Å². The first-order chi connectivity index (χ1) is 10.4. The summed E-state index contributed by atoms with van der Waals surface area (Å²) < 4.78 is 15.2. The molecule has 0 aliphatic rings. The van der Waals surface area contributed by atoms with Gasteiger partial charge >= 0.3 is 11.9 Å². The third-order valence-electron chi connectivity index (χ3n) is 1.71. The van der Waals surface area contributed by atoms with E-state index >= 15 is 0 Å². The molecule has 1 atom stereocenters. The second-order valence-corrected chi connectivity index (χ2v) is 3.88. The number of carboxylic acids is 2. The van der Waals surface area contributed by atoms with E-state index in [4.69, 9.17) is 34.6 Å². The first-order valence-corrected chi connectivity index (χ1v) is 6.56. The van der Waals surface area contributed by atoms with E-state index in [-0.39, 0.29) is 6.61 Å². The number of carbonyl (C=O) groups is 2. The van der Waals surface area contributed by atoms with E-state index in [1.54, 1.807) is 6.92 Å². The molecule has 0 spiro atoms. The quantitative estimate of drug-likeness (QED) is 0.266. The van der Waals surface area contributed by atoms with Gasteiger partial charge in [0.25, 0.3) is 0 Å². The fourth-order valence-electron chi connectivity index (χ4n) is 0.901. The van der Waals surface area contributed by atoms with Crippen LogP contribution in [0.25, 0.3) is 0 Å². The van der Waals surface area contributed by atoms with E-state index in [1.807, 2.05) is 0 Å². The van der Waals surface area contributed by atoms with Gasteiger partial charge in [0.2, 0.25) is 0 Å². The molecule has 0 aromatic carbocycles. The van der Waals surface area contributed by atoms with Crippen molar-refractivity contribution >= 4 is 11.9 Å². The number of rotatable bonds is 12. The van der Waals surface area contributed by atoms with Gasteiger partial charge in [-0.2, -0.15) is 0 Å². The lowest BCUT2D eigenvalue weighted by Gasteiger charge is -2.07. The summed E-state index contributed by atoms with van der Waals surface area (Å²) in [5.41, 5.74) is 0. The predicted molar refractivity (Wildman–Crippen MR) is 75.6 cm³/mol. The molecule has 0 fully saturated rings. The summed E-state index contributed by atoms with van der Waals surface area (Å²) in [7, 11) is 0. The molecule has 1 unspecified atom stereocenters. The van der Waals surface area contributed by atoms with Gasteiger partial charge in [0.1, 0.15) is 0 Å². The summed E-state index contributed by atoms with van der Waals surface area (Å²) in [5, 5.41) is 32.8. The molecule has 0 rings (SSSR count). The molecule has 130 valence electrons. The minimum Gasteiger partial charge on any atom is -0.478 e. The number of hydrogen-bond acceptors (Lipinski definition) is 7. The number of aliphatic carboxylic acids is 2. The van der Waals surface area contributed by atoms with Gasteiger partial charge in [-0.1, -0.05) is 0 Å². The molecule has 0 aliphatic heterocycles. The third kappa shape index (κ3) is 26.9. The number of ether oxygens (including phenoxy) is 3. The second kappa shape index (κ2) is 17.5. The number of aliphatic hydroxyl groups is 2. The number of carboxylic acid groups (broad SMARTS) is 2. The molecule has 0 radical (unpaired) electrons. The van der Waals surface area contributed by atoms with Crippen molar-refractivity contribution < 1.29 is 44.2 Å². The monoisotopic (exact) mass is 324 g/mol. The fourth-order valence-corrected chi connectivity index (χ4v) is 0.901. The maximum Gasteiger partial charge on any atom is 0.328 e. The van der Waals surface area contributed by atoms with Crippen molar-refractivity contribution in [2.45, 2.75) is 13.0 Å². The molecule has 9 heteroatoms. The molecule has 4 N–H and O–H groups in total. The Bertz CT molecular complexity index is 286. The third-order valence-corrected chi connectivity index (χ3v) is 1.71. The lowest BCUT2D eigenvalue weighted by molar-refractivity contribution is -0.134. The highest BCUT2D eigenvalue weighted by molar-refractivity contribution is 5.89. The van der Waals surface area contributed by atoms with Crippen LogP contribution in [0.1, 0.15) is 6.92 Å². The lowest BCUT2D eigenvalue weighted by Crippen LogP contribution is -2.15. The normalized spacial score (nSPS) is 11.8. The number of aliphatic hydroxyl groups excluding tert-OH is 2. The first-order valence-electron chi connectivity index (χ1n) is 6.56. The molecule has 0 aromatic heterocycles. The Kier molecular flexibility index (Phi) is 18.1. The van der Waals surface area contributed by atoms with Crippen LogP contribution in [-0.4, -0.2) is 84.7 Å². The Morgan fingerprint density at radius 3 is 1.68 bits per heavy atom. The van der Waals surface area contributed by atoms with Crippen molar-refractivity contribution in [3.05, 3.63) is 12.2 Å². The van der Waals surface area contributed by atoms with Gasteiger partial charge in [-0.05, 0) is 6.92 Å². The highest BCUT2D eigenvalue weighted by atomic mass is 16.5. The predicted octanol–water partition coefficient (Wildman–Crippen LogP) is -0.879. The molecular formula is C13H24O9. The molecular weight excluding hydrogens is 300 g/mol. The molecule has 0 saturated heterocycles. The highest BCUT2D eigenvalue weighted by Gasteiger charge is 1.95. The van der Waals surface area contributed by atoms with Gasteiger partial charge in [-0.3, -0.25) is 0 Å². The summed E-state index contributed by atoms with van der Waals surface area (Å²) in [4.78, 5) is 19.1. The minimum absolute atomic E-state index is 0.0392. The minimum atomic E-state index is -1.26. The summed E-state index contributed by atoms with van der Waals surface area (Å²) in [5.74, 6) is -2.51. The summed E-state index contributed by atoms with van der Waals surface area (Å²) in [6, 6.07) is 0. The van der Waals surface area contributed by atoms with Crippen molar-refractivity contribution in [2.75, 3.05) is 46.2 Å². The lowest BCUT2D eigenvalue weighted by atomic mass is 10.4. The second-order valence-electron chi connectivity index (χ2n) is 3.88. The van der Waals surface area contributed by atoms with Crippen molar-refractivity contribution in [3.63, 3.8) is 0 Å². The van der Waals surface area contributed by atoms with Gasteiger partial charge in [-0.25, -0.2) is 9.59 Å². The van der Waals surface area contributed by atoms with E-state index in [2.05, 4.69) is 0 Å². The molecule has 22 heavy (non-hydrogen) atoms. The van der Waals surface area contributed by atoms with Gasteiger partial charge in [-0.15, -0.1) is 0 Å². The van der Waals surface area contributed by atoms with Crippen molar-refractivity contribution in [1.29, 1.82) is 0 Å². The van der Waals surface area contributed by atoms with Crippen molar-refractivity contribution in [2.24, 2.45) is 0 Å². The summed E-state index contributed by atoms with van der Waals surface area (Å²) >= 11 is 0. The van der Waals surface area contributed by atoms with Crippen molar-refractivity contribution in [1.82, 2.24) is 0 Å². The smallest absolute Gasteiger partial charge is 0.328 e. The van der Waals surface area contributed by atoms with Gasteiger partial charge in [0, 0.05) is 12.2 Å². The van der Waals surface area contributed by atoms with Crippen LogP contribution >= 0.6 is 0 Å². The SMILES string of the molecule is CC(O)COCCOCCOCCO.O=C(O)/C=C\C(=O)O. The van der Waals surface area contributed by atoms with Crippen LogP contribution < -0.4 is 0 Å².